The fraction of sp³-hybridized carbons (Fsp3) is 0.190. The molecule has 0 spiro atoms. The van der Waals surface area contributed by atoms with E-state index in [1.807, 2.05) is 36.4 Å². The highest BCUT2D eigenvalue weighted by molar-refractivity contribution is 5.98. The molecular weight excluding hydrogens is 372 g/mol. The average Bonchev–Trinajstić information content (AvgIpc) is 2.76. The van der Waals surface area contributed by atoms with Crippen molar-refractivity contribution < 1.29 is 19.0 Å². The molecule has 29 heavy (non-hydrogen) atoms. The zero-order valence-electron chi connectivity index (χ0n) is 16.3. The third-order valence-corrected chi connectivity index (χ3v) is 4.60. The van der Waals surface area contributed by atoms with Gasteiger partial charge in [0.1, 0.15) is 17.2 Å². The van der Waals surface area contributed by atoms with Gasteiger partial charge in [-0.2, -0.15) is 0 Å². The Balaban J connectivity index is 1.64. The molecule has 0 bridgehead atoms. The van der Waals surface area contributed by atoms with Gasteiger partial charge in [-0.15, -0.1) is 0 Å². The molecule has 8 heteroatoms. The van der Waals surface area contributed by atoms with Crippen molar-refractivity contribution in [3.8, 4) is 28.5 Å². The molecule has 1 aliphatic heterocycles. The van der Waals surface area contributed by atoms with Gasteiger partial charge >= 0.3 is 0 Å². The quantitative estimate of drug-likeness (QED) is 0.713. The van der Waals surface area contributed by atoms with Crippen LogP contribution < -0.4 is 24.4 Å². The highest BCUT2D eigenvalue weighted by Gasteiger charge is 2.22. The number of amides is 1. The van der Waals surface area contributed by atoms with E-state index < -0.39 is 0 Å². The molecule has 1 aromatic heterocycles. The second kappa shape index (κ2) is 7.67. The summed E-state index contributed by atoms with van der Waals surface area (Å²) in [7, 11) is 4.92. The predicted molar refractivity (Wildman–Crippen MR) is 109 cm³/mol. The summed E-state index contributed by atoms with van der Waals surface area (Å²) in [6.07, 6.45) is 1.67. The van der Waals surface area contributed by atoms with E-state index in [-0.39, 0.29) is 12.5 Å². The van der Waals surface area contributed by atoms with Crippen LogP contribution in [0, 0.1) is 0 Å². The summed E-state index contributed by atoms with van der Waals surface area (Å²) in [6, 6.07) is 12.9. The van der Waals surface area contributed by atoms with Gasteiger partial charge in [0.25, 0.3) is 5.91 Å². The van der Waals surface area contributed by atoms with Crippen LogP contribution in [0.5, 0.6) is 17.2 Å². The second-order valence-electron chi connectivity index (χ2n) is 6.42. The van der Waals surface area contributed by atoms with E-state index in [2.05, 4.69) is 15.3 Å². The van der Waals surface area contributed by atoms with Gasteiger partial charge in [0.05, 0.1) is 25.6 Å². The van der Waals surface area contributed by atoms with Crippen molar-refractivity contribution in [3.05, 3.63) is 48.7 Å². The smallest absolute Gasteiger partial charge is 0.264 e. The van der Waals surface area contributed by atoms with Gasteiger partial charge < -0.3 is 24.4 Å². The zero-order chi connectivity index (χ0) is 20.4. The maximum absolute atomic E-state index is 11.9. The number of ether oxygens (including phenoxy) is 3. The number of carbonyl (C=O) groups is 1. The van der Waals surface area contributed by atoms with Crippen molar-refractivity contribution in [2.24, 2.45) is 0 Å². The first-order valence-corrected chi connectivity index (χ1v) is 8.94. The van der Waals surface area contributed by atoms with Crippen LogP contribution >= 0.6 is 0 Å². The number of rotatable bonds is 5. The zero-order valence-corrected chi connectivity index (χ0v) is 16.3. The van der Waals surface area contributed by atoms with Crippen molar-refractivity contribution >= 4 is 23.2 Å². The lowest BCUT2D eigenvalue weighted by atomic mass is 10.1. The fourth-order valence-corrected chi connectivity index (χ4v) is 3.02. The van der Waals surface area contributed by atoms with E-state index in [9.17, 15) is 4.79 Å². The molecule has 0 saturated heterocycles. The molecule has 2 aromatic carbocycles. The number of benzene rings is 2. The van der Waals surface area contributed by atoms with Crippen LogP contribution in [0.4, 0.5) is 17.3 Å². The second-order valence-corrected chi connectivity index (χ2v) is 6.42. The number of likely N-dealkylation sites (N-methyl/N-ethyl adjacent to an activating group) is 1. The highest BCUT2D eigenvalue weighted by atomic mass is 16.5. The third kappa shape index (κ3) is 3.77. The maximum atomic E-state index is 11.9. The molecule has 0 aliphatic carbocycles. The minimum atomic E-state index is -0.0911. The summed E-state index contributed by atoms with van der Waals surface area (Å²) < 4.78 is 16.1. The Morgan fingerprint density at radius 3 is 2.55 bits per heavy atom. The predicted octanol–water partition coefficient (Wildman–Crippen LogP) is 3.26. The van der Waals surface area contributed by atoms with Crippen molar-refractivity contribution in [2.45, 2.75) is 0 Å². The molecule has 0 atom stereocenters. The number of anilines is 3. The molecule has 2 heterocycles. The van der Waals surface area contributed by atoms with Crippen molar-refractivity contribution in [1.29, 1.82) is 0 Å². The topological polar surface area (TPSA) is 85.8 Å². The van der Waals surface area contributed by atoms with Gasteiger partial charge in [-0.3, -0.25) is 4.79 Å². The lowest BCUT2D eigenvalue weighted by Gasteiger charge is -2.26. The number of carbonyl (C=O) groups excluding carboxylic acids is 1. The first-order chi connectivity index (χ1) is 14.1. The Morgan fingerprint density at radius 1 is 1.07 bits per heavy atom. The number of fused-ring (bicyclic) bond motifs is 1. The molecule has 0 unspecified atom stereocenters. The van der Waals surface area contributed by atoms with Gasteiger partial charge in [-0.25, -0.2) is 9.97 Å². The molecule has 1 N–H and O–H groups in total. The Labute approximate surface area is 168 Å². The lowest BCUT2D eigenvalue weighted by Crippen LogP contribution is -2.35. The summed E-state index contributed by atoms with van der Waals surface area (Å²) in [5.74, 6) is 2.32. The first-order valence-electron chi connectivity index (χ1n) is 8.94. The Kier molecular flexibility index (Phi) is 4.90. The van der Waals surface area contributed by atoms with E-state index in [1.165, 1.54) is 0 Å². The third-order valence-electron chi connectivity index (χ3n) is 4.60. The van der Waals surface area contributed by atoms with Crippen LogP contribution in [-0.4, -0.2) is 43.7 Å². The van der Waals surface area contributed by atoms with Gasteiger partial charge in [0, 0.05) is 42.7 Å². The normalized spacial score (nSPS) is 12.8. The van der Waals surface area contributed by atoms with Crippen molar-refractivity contribution in [2.75, 3.05) is 38.1 Å². The van der Waals surface area contributed by atoms with Crippen molar-refractivity contribution in [1.82, 2.24) is 9.97 Å². The van der Waals surface area contributed by atoms with Crippen LogP contribution in [0.25, 0.3) is 11.3 Å². The number of nitrogens with zero attached hydrogens (tertiary/aromatic N) is 3. The molecule has 3 aromatic rings. The monoisotopic (exact) mass is 392 g/mol. The number of methoxy groups -OCH3 is 2. The van der Waals surface area contributed by atoms with Crippen LogP contribution in [0.2, 0.25) is 0 Å². The van der Waals surface area contributed by atoms with E-state index in [0.29, 0.717) is 34.6 Å². The van der Waals surface area contributed by atoms with Crippen LogP contribution in [0.3, 0.4) is 0 Å². The highest BCUT2D eigenvalue weighted by Crippen LogP contribution is 2.35. The molecule has 4 rings (SSSR count). The minimum Gasteiger partial charge on any atom is -0.497 e. The Bertz CT molecular complexity index is 1050. The largest absolute Gasteiger partial charge is 0.497 e. The van der Waals surface area contributed by atoms with Gasteiger partial charge in [0.15, 0.2) is 6.61 Å². The Morgan fingerprint density at radius 2 is 1.83 bits per heavy atom. The van der Waals surface area contributed by atoms with Crippen LogP contribution in [0.1, 0.15) is 0 Å². The Hall–Kier alpha value is -3.81. The number of aromatic nitrogens is 2. The number of nitrogens with one attached hydrogen (secondary N) is 1. The molecule has 1 amide bonds. The van der Waals surface area contributed by atoms with Crippen LogP contribution in [0.15, 0.2) is 48.7 Å². The van der Waals surface area contributed by atoms with Gasteiger partial charge in [-0.05, 0) is 24.3 Å². The summed E-state index contributed by atoms with van der Waals surface area (Å²) in [5, 5.41) is 3.17. The standard InChI is InChI=1S/C21H20N4O4/c1-25-18-8-13(4-5-19(18)29-12-20(25)26)17-6-7-22-21(24-17)23-14-9-15(27-2)11-16(10-14)28-3/h4-11H,12H2,1-3H3,(H,22,23,24). The summed E-state index contributed by atoms with van der Waals surface area (Å²) in [6.45, 7) is 0.0500. The van der Waals surface area contributed by atoms with E-state index in [4.69, 9.17) is 14.2 Å². The van der Waals surface area contributed by atoms with Crippen molar-refractivity contribution in [3.63, 3.8) is 0 Å². The molecular formula is C21H20N4O4. The van der Waals surface area contributed by atoms with E-state index in [0.717, 1.165) is 11.3 Å². The molecule has 1 aliphatic rings. The van der Waals surface area contributed by atoms with Crippen LogP contribution in [-0.2, 0) is 4.79 Å². The molecule has 8 nitrogen and oxygen atoms in total. The molecule has 148 valence electrons. The summed E-state index contributed by atoms with van der Waals surface area (Å²) >= 11 is 0. The number of hydrogen-bond donors (Lipinski definition) is 1. The SMILES string of the molecule is COc1cc(Nc2nccc(-c3ccc4c(c3)N(C)C(=O)CO4)n2)cc(OC)c1. The van der Waals surface area contributed by atoms with Gasteiger partial charge in [0.2, 0.25) is 5.95 Å². The van der Waals surface area contributed by atoms with E-state index >= 15 is 0 Å². The fourth-order valence-electron chi connectivity index (χ4n) is 3.02. The van der Waals surface area contributed by atoms with Gasteiger partial charge in [-0.1, -0.05) is 0 Å². The lowest BCUT2D eigenvalue weighted by molar-refractivity contribution is -0.120. The van der Waals surface area contributed by atoms with E-state index in [1.54, 1.807) is 38.4 Å². The molecule has 0 radical (unpaired) electrons. The number of hydrogen-bond acceptors (Lipinski definition) is 7. The first kappa shape index (κ1) is 18.5. The summed E-state index contributed by atoms with van der Waals surface area (Å²) in [4.78, 5) is 22.4. The molecule has 0 fully saturated rings. The maximum Gasteiger partial charge on any atom is 0.264 e. The molecule has 0 saturated carbocycles. The summed E-state index contributed by atoms with van der Waals surface area (Å²) in [5.41, 5.74) is 3.01. The average molecular weight is 392 g/mol. The minimum absolute atomic E-state index is 0.0500.